The van der Waals surface area contributed by atoms with E-state index in [0.717, 1.165) is 0 Å². The molecule has 0 fully saturated rings. The summed E-state index contributed by atoms with van der Waals surface area (Å²) in [6.07, 6.45) is 0. The van der Waals surface area contributed by atoms with Crippen molar-refractivity contribution in [2.45, 2.75) is 6.92 Å². The maximum absolute atomic E-state index is 12.0. The first-order chi connectivity index (χ1) is 12.8. The molecule has 1 amide bonds. The van der Waals surface area contributed by atoms with E-state index in [0.29, 0.717) is 15.9 Å². The Labute approximate surface area is 167 Å². The van der Waals surface area contributed by atoms with Crippen LogP contribution in [0, 0.1) is 13.7 Å². The lowest BCUT2D eigenvalue weighted by Crippen LogP contribution is -2.21. The van der Waals surface area contributed by atoms with Crippen molar-refractivity contribution >= 4 is 45.8 Å². The third-order valence-electron chi connectivity index (χ3n) is 3.26. The Morgan fingerprint density at radius 1 is 1.26 bits per heavy atom. The minimum absolute atomic E-state index is 0.0541. The summed E-state index contributed by atoms with van der Waals surface area (Å²) in [5.41, 5.74) is -0.487. The lowest BCUT2D eigenvalue weighted by molar-refractivity contribution is -0.384. The van der Waals surface area contributed by atoms with Crippen LogP contribution >= 0.6 is 22.6 Å². The number of aromatic hydroxyl groups is 1. The molecule has 2 N–H and O–H groups in total. The van der Waals surface area contributed by atoms with Crippen LogP contribution in [-0.2, 0) is 9.53 Å². The second-order valence-corrected chi connectivity index (χ2v) is 6.40. The molecule has 0 unspecified atom stereocenters. The maximum atomic E-state index is 12.0. The normalized spacial score (nSPS) is 10.1. The molecular weight excluding hydrogens is 471 g/mol. The first-order valence-corrected chi connectivity index (χ1v) is 8.76. The van der Waals surface area contributed by atoms with Crippen LogP contribution in [0.25, 0.3) is 0 Å². The highest BCUT2D eigenvalue weighted by atomic mass is 127. The van der Waals surface area contributed by atoms with Crippen LogP contribution in [-0.4, -0.2) is 35.1 Å². The average molecular weight is 486 g/mol. The predicted molar refractivity (Wildman–Crippen MR) is 104 cm³/mol. The van der Waals surface area contributed by atoms with E-state index in [1.54, 1.807) is 13.0 Å². The molecule has 9 nitrogen and oxygen atoms in total. The first kappa shape index (κ1) is 20.4. The van der Waals surface area contributed by atoms with Gasteiger partial charge in [0.15, 0.2) is 6.61 Å². The van der Waals surface area contributed by atoms with Gasteiger partial charge in [-0.3, -0.25) is 14.9 Å². The molecule has 0 aliphatic rings. The summed E-state index contributed by atoms with van der Waals surface area (Å²) in [6.45, 7) is 1.40. The van der Waals surface area contributed by atoms with E-state index in [-0.39, 0.29) is 22.7 Å². The van der Waals surface area contributed by atoms with Crippen molar-refractivity contribution in [2.75, 3.05) is 18.5 Å². The summed E-state index contributed by atoms with van der Waals surface area (Å²) in [6, 6.07) is 8.34. The van der Waals surface area contributed by atoms with Gasteiger partial charge >= 0.3 is 5.97 Å². The van der Waals surface area contributed by atoms with Gasteiger partial charge in [0, 0.05) is 3.57 Å². The van der Waals surface area contributed by atoms with E-state index in [1.165, 1.54) is 30.3 Å². The molecule has 2 aromatic rings. The predicted octanol–water partition coefficient (Wildman–Crippen LogP) is 3.10. The number of nitro groups is 1. The van der Waals surface area contributed by atoms with E-state index >= 15 is 0 Å². The molecular formula is C17H15IN2O7. The largest absolute Gasteiger partial charge is 0.507 e. The van der Waals surface area contributed by atoms with Crippen LogP contribution in [0.3, 0.4) is 0 Å². The van der Waals surface area contributed by atoms with Gasteiger partial charge < -0.3 is 19.9 Å². The summed E-state index contributed by atoms with van der Waals surface area (Å²) in [5, 5.41) is 23.2. The molecule has 142 valence electrons. The van der Waals surface area contributed by atoms with Gasteiger partial charge in [0.25, 0.3) is 11.6 Å². The van der Waals surface area contributed by atoms with Gasteiger partial charge in [-0.25, -0.2) is 4.79 Å². The van der Waals surface area contributed by atoms with Crippen LogP contribution in [0.2, 0.25) is 0 Å². The molecule has 0 aliphatic heterocycles. The van der Waals surface area contributed by atoms with Crippen LogP contribution in [0.4, 0.5) is 11.4 Å². The van der Waals surface area contributed by atoms with Gasteiger partial charge in [0.05, 0.1) is 17.6 Å². The lowest BCUT2D eigenvalue weighted by Gasteiger charge is -2.09. The number of hydrogen-bond donors (Lipinski definition) is 2. The van der Waals surface area contributed by atoms with Crippen molar-refractivity contribution in [1.29, 1.82) is 0 Å². The maximum Gasteiger partial charge on any atom is 0.342 e. The Morgan fingerprint density at radius 3 is 2.67 bits per heavy atom. The fourth-order valence-corrected chi connectivity index (χ4v) is 2.58. The van der Waals surface area contributed by atoms with Crippen LogP contribution in [0.5, 0.6) is 11.5 Å². The number of phenols is 1. The SMILES string of the molecule is CCOc1ccc(NC(=O)COC(=O)c2cc(I)ccc2O)c([N+](=O)[O-])c1. The van der Waals surface area contributed by atoms with Gasteiger partial charge in [-0.2, -0.15) is 0 Å². The molecule has 2 aromatic carbocycles. The van der Waals surface area contributed by atoms with Gasteiger partial charge in [-0.05, 0) is 59.8 Å². The number of anilines is 1. The topological polar surface area (TPSA) is 128 Å². The number of rotatable bonds is 7. The number of benzene rings is 2. The fourth-order valence-electron chi connectivity index (χ4n) is 2.09. The number of ether oxygens (including phenoxy) is 2. The van der Waals surface area contributed by atoms with Crippen molar-refractivity contribution in [3.8, 4) is 11.5 Å². The Bertz CT molecular complexity index is 886. The molecule has 0 atom stereocenters. The van der Waals surface area contributed by atoms with Crippen LogP contribution in [0.15, 0.2) is 36.4 Å². The Balaban J connectivity index is 2.04. The molecule has 27 heavy (non-hydrogen) atoms. The fraction of sp³-hybridized carbons (Fsp3) is 0.176. The van der Waals surface area contributed by atoms with Gasteiger partial charge in [0.2, 0.25) is 0 Å². The molecule has 0 spiro atoms. The van der Waals surface area contributed by atoms with Gasteiger partial charge in [-0.1, -0.05) is 0 Å². The quantitative estimate of drug-likeness (QED) is 0.267. The summed E-state index contributed by atoms with van der Waals surface area (Å²) < 4.78 is 10.7. The third-order valence-corrected chi connectivity index (χ3v) is 3.93. The number of carbonyl (C=O) groups excluding carboxylic acids is 2. The number of nitrogens with zero attached hydrogens (tertiary/aromatic N) is 1. The third kappa shape index (κ3) is 5.54. The van der Waals surface area contributed by atoms with Crippen LogP contribution < -0.4 is 10.1 Å². The van der Waals surface area contributed by atoms with Crippen molar-refractivity contribution in [3.63, 3.8) is 0 Å². The Morgan fingerprint density at radius 2 is 2.00 bits per heavy atom. The van der Waals surface area contributed by atoms with E-state index in [9.17, 15) is 24.8 Å². The van der Waals surface area contributed by atoms with E-state index in [4.69, 9.17) is 9.47 Å². The van der Waals surface area contributed by atoms with E-state index in [2.05, 4.69) is 5.32 Å². The van der Waals surface area contributed by atoms with Crippen molar-refractivity contribution in [1.82, 2.24) is 0 Å². The monoisotopic (exact) mass is 486 g/mol. The van der Waals surface area contributed by atoms with Crippen LogP contribution in [0.1, 0.15) is 17.3 Å². The van der Waals surface area contributed by atoms with Crippen molar-refractivity contribution in [3.05, 3.63) is 55.6 Å². The summed E-state index contributed by atoms with van der Waals surface area (Å²) >= 11 is 1.96. The number of phenolic OH excluding ortho intramolecular Hbond substituents is 1. The lowest BCUT2D eigenvalue weighted by atomic mass is 10.2. The first-order valence-electron chi connectivity index (χ1n) is 7.68. The second-order valence-electron chi connectivity index (χ2n) is 5.15. The zero-order valence-corrected chi connectivity index (χ0v) is 16.3. The van der Waals surface area contributed by atoms with Gasteiger partial charge in [-0.15, -0.1) is 0 Å². The number of amides is 1. The zero-order chi connectivity index (χ0) is 20.0. The zero-order valence-electron chi connectivity index (χ0n) is 14.1. The molecule has 10 heteroatoms. The van der Waals surface area contributed by atoms with Crippen molar-refractivity contribution in [2.24, 2.45) is 0 Å². The molecule has 0 aliphatic carbocycles. The number of nitrogens with one attached hydrogen (secondary N) is 1. The number of halogens is 1. The average Bonchev–Trinajstić information content (AvgIpc) is 2.63. The molecule has 0 bridgehead atoms. The minimum Gasteiger partial charge on any atom is -0.507 e. The Kier molecular flexibility index (Phi) is 6.93. The smallest absolute Gasteiger partial charge is 0.342 e. The standard InChI is InChI=1S/C17H15IN2O7/c1-2-26-11-4-5-13(14(8-11)20(24)25)19-16(22)9-27-17(23)12-7-10(18)3-6-15(12)21/h3-8,21H,2,9H2,1H3,(H,19,22). The molecule has 0 aromatic heterocycles. The molecule has 0 heterocycles. The summed E-state index contributed by atoms with van der Waals surface area (Å²) in [5.74, 6) is -1.63. The number of carbonyl (C=O) groups is 2. The minimum atomic E-state index is -0.887. The number of esters is 1. The molecule has 0 saturated heterocycles. The second kappa shape index (κ2) is 9.16. The Hall–Kier alpha value is -2.89. The number of nitro benzene ring substituents is 1. The highest BCUT2D eigenvalue weighted by molar-refractivity contribution is 14.1. The molecule has 0 saturated carbocycles. The number of hydrogen-bond acceptors (Lipinski definition) is 7. The van der Waals surface area contributed by atoms with E-state index in [1.807, 2.05) is 22.6 Å². The molecule has 0 radical (unpaired) electrons. The summed E-state index contributed by atoms with van der Waals surface area (Å²) in [4.78, 5) is 34.5. The summed E-state index contributed by atoms with van der Waals surface area (Å²) in [7, 11) is 0. The van der Waals surface area contributed by atoms with E-state index < -0.39 is 23.4 Å². The highest BCUT2D eigenvalue weighted by Gasteiger charge is 2.19. The van der Waals surface area contributed by atoms with Crippen molar-refractivity contribution < 1.29 is 29.1 Å². The highest BCUT2D eigenvalue weighted by Crippen LogP contribution is 2.29. The van der Waals surface area contributed by atoms with Gasteiger partial charge in [0.1, 0.15) is 22.7 Å². The molecule has 2 rings (SSSR count).